The minimum absolute atomic E-state index is 0.179. The average Bonchev–Trinajstić information content (AvgIpc) is 2.98. The second kappa shape index (κ2) is 6.60. The number of hydrogen-bond acceptors (Lipinski definition) is 4. The van der Waals surface area contributed by atoms with Crippen LogP contribution in [0.25, 0.3) is 0 Å². The van der Waals surface area contributed by atoms with Crippen molar-refractivity contribution in [2.75, 3.05) is 24.3 Å². The number of carbonyl (C=O) groups is 2. The van der Waals surface area contributed by atoms with Crippen LogP contribution in [0.3, 0.4) is 0 Å². The topological polar surface area (TPSA) is 74.6 Å². The van der Waals surface area contributed by atoms with E-state index in [9.17, 15) is 9.59 Å². The summed E-state index contributed by atoms with van der Waals surface area (Å²) >= 11 is 0. The van der Waals surface area contributed by atoms with E-state index in [1.165, 1.54) is 6.26 Å². The Morgan fingerprint density at radius 1 is 1.10 bits per heavy atom. The van der Waals surface area contributed by atoms with Crippen LogP contribution in [0.2, 0.25) is 0 Å². The van der Waals surface area contributed by atoms with Crippen LogP contribution in [0.1, 0.15) is 5.76 Å². The van der Waals surface area contributed by atoms with Crippen LogP contribution in [0, 0.1) is 0 Å². The van der Waals surface area contributed by atoms with E-state index < -0.39 is 11.8 Å². The number of nitrogens with one attached hydrogen (secondary N) is 2. The molecule has 0 saturated carbocycles. The lowest BCUT2D eigenvalue weighted by Gasteiger charge is -2.12. The molecule has 2 amide bonds. The molecule has 0 aliphatic heterocycles. The van der Waals surface area contributed by atoms with Gasteiger partial charge in [-0.05, 0) is 36.4 Å². The number of nitrogens with zero attached hydrogens (tertiary/aromatic N) is 1. The first kappa shape index (κ1) is 14.6. The molecule has 0 bridgehead atoms. The fraction of sp³-hybridized carbons (Fsp3) is 0.200. The third-order valence-corrected chi connectivity index (χ3v) is 2.85. The zero-order valence-electron chi connectivity index (χ0n) is 11.9. The van der Waals surface area contributed by atoms with Crippen molar-refractivity contribution in [3.05, 3.63) is 48.4 Å². The van der Waals surface area contributed by atoms with E-state index in [4.69, 9.17) is 4.42 Å². The van der Waals surface area contributed by atoms with Gasteiger partial charge in [0.05, 0.1) is 12.8 Å². The summed E-state index contributed by atoms with van der Waals surface area (Å²) in [7, 11) is 3.85. The van der Waals surface area contributed by atoms with Crippen molar-refractivity contribution < 1.29 is 14.0 Å². The van der Waals surface area contributed by atoms with E-state index in [1.807, 2.05) is 31.1 Å². The molecule has 0 spiro atoms. The van der Waals surface area contributed by atoms with Gasteiger partial charge in [0.25, 0.3) is 0 Å². The van der Waals surface area contributed by atoms with E-state index in [1.54, 1.807) is 24.3 Å². The highest BCUT2D eigenvalue weighted by atomic mass is 16.3. The second-order valence-corrected chi connectivity index (χ2v) is 4.66. The van der Waals surface area contributed by atoms with Gasteiger partial charge in [0.2, 0.25) is 0 Å². The van der Waals surface area contributed by atoms with Gasteiger partial charge in [-0.1, -0.05) is 0 Å². The molecule has 0 aliphatic rings. The van der Waals surface area contributed by atoms with Gasteiger partial charge in [0, 0.05) is 25.5 Å². The number of anilines is 2. The smallest absolute Gasteiger partial charge is 0.313 e. The molecule has 1 aromatic carbocycles. The Morgan fingerprint density at radius 3 is 2.38 bits per heavy atom. The van der Waals surface area contributed by atoms with Crippen LogP contribution in [-0.4, -0.2) is 25.9 Å². The maximum atomic E-state index is 11.7. The highest BCUT2D eigenvalue weighted by molar-refractivity contribution is 6.39. The average molecular weight is 287 g/mol. The first-order chi connectivity index (χ1) is 10.1. The van der Waals surface area contributed by atoms with Crippen LogP contribution in [0.4, 0.5) is 11.4 Å². The predicted molar refractivity (Wildman–Crippen MR) is 80.0 cm³/mol. The summed E-state index contributed by atoms with van der Waals surface area (Å²) in [4.78, 5) is 25.3. The van der Waals surface area contributed by atoms with Crippen molar-refractivity contribution in [3.63, 3.8) is 0 Å². The van der Waals surface area contributed by atoms with Crippen LogP contribution < -0.4 is 15.5 Å². The Labute approximate surface area is 122 Å². The fourth-order valence-electron chi connectivity index (χ4n) is 1.69. The van der Waals surface area contributed by atoms with Crippen LogP contribution in [-0.2, 0) is 16.1 Å². The molecule has 110 valence electrons. The highest BCUT2D eigenvalue weighted by Gasteiger charge is 2.13. The maximum absolute atomic E-state index is 11.7. The van der Waals surface area contributed by atoms with Gasteiger partial charge in [-0.2, -0.15) is 0 Å². The molecule has 6 heteroatoms. The molecule has 1 heterocycles. The molecule has 0 radical (unpaired) electrons. The summed E-state index contributed by atoms with van der Waals surface area (Å²) in [6.45, 7) is 0.179. The molecule has 2 rings (SSSR count). The predicted octanol–water partition coefficient (Wildman–Crippen LogP) is 1.60. The molecule has 21 heavy (non-hydrogen) atoms. The number of benzene rings is 1. The molecular weight excluding hydrogens is 270 g/mol. The minimum Gasteiger partial charge on any atom is -0.467 e. The maximum Gasteiger partial charge on any atom is 0.313 e. The first-order valence-electron chi connectivity index (χ1n) is 6.45. The number of hydrogen-bond donors (Lipinski definition) is 2. The van der Waals surface area contributed by atoms with Crippen molar-refractivity contribution in [2.45, 2.75) is 6.54 Å². The number of amides is 2. The van der Waals surface area contributed by atoms with Gasteiger partial charge in [0.1, 0.15) is 5.76 Å². The normalized spacial score (nSPS) is 10.0. The lowest BCUT2D eigenvalue weighted by Crippen LogP contribution is -2.34. The molecule has 2 N–H and O–H groups in total. The Hall–Kier alpha value is -2.76. The quantitative estimate of drug-likeness (QED) is 0.838. The molecule has 1 aromatic heterocycles. The molecule has 2 aromatic rings. The SMILES string of the molecule is CN(C)c1ccc(NC(=O)C(=O)NCc2ccco2)cc1. The van der Waals surface area contributed by atoms with Crippen molar-refractivity contribution in [2.24, 2.45) is 0 Å². The van der Waals surface area contributed by atoms with Crippen molar-refractivity contribution in [1.82, 2.24) is 5.32 Å². The molecule has 0 fully saturated rings. The zero-order chi connectivity index (χ0) is 15.2. The summed E-state index contributed by atoms with van der Waals surface area (Å²) < 4.78 is 5.07. The molecule has 6 nitrogen and oxygen atoms in total. The fourth-order valence-corrected chi connectivity index (χ4v) is 1.69. The van der Waals surface area contributed by atoms with E-state index >= 15 is 0 Å². The van der Waals surface area contributed by atoms with Crippen LogP contribution >= 0.6 is 0 Å². The lowest BCUT2D eigenvalue weighted by molar-refractivity contribution is -0.136. The van der Waals surface area contributed by atoms with Gasteiger partial charge < -0.3 is 20.0 Å². The van der Waals surface area contributed by atoms with Crippen LogP contribution in [0.15, 0.2) is 47.1 Å². The van der Waals surface area contributed by atoms with Crippen LogP contribution in [0.5, 0.6) is 0 Å². The third kappa shape index (κ3) is 4.10. The van der Waals surface area contributed by atoms with E-state index in [0.717, 1.165) is 5.69 Å². The van der Waals surface area contributed by atoms with Crippen molar-refractivity contribution >= 4 is 23.2 Å². The first-order valence-corrected chi connectivity index (χ1v) is 6.45. The van der Waals surface area contributed by atoms with Crippen molar-refractivity contribution in [3.8, 4) is 0 Å². The van der Waals surface area contributed by atoms with E-state index in [0.29, 0.717) is 11.4 Å². The number of furan rings is 1. The zero-order valence-corrected chi connectivity index (χ0v) is 11.9. The lowest BCUT2D eigenvalue weighted by atomic mass is 10.2. The summed E-state index contributed by atoms with van der Waals surface area (Å²) in [5, 5.41) is 5.02. The second-order valence-electron chi connectivity index (χ2n) is 4.66. The largest absolute Gasteiger partial charge is 0.467 e. The third-order valence-electron chi connectivity index (χ3n) is 2.85. The summed E-state index contributed by atoms with van der Waals surface area (Å²) in [6.07, 6.45) is 1.51. The summed E-state index contributed by atoms with van der Waals surface area (Å²) in [5.74, 6) is -0.825. The monoisotopic (exact) mass is 287 g/mol. The van der Waals surface area contributed by atoms with Gasteiger partial charge in [-0.3, -0.25) is 9.59 Å². The number of carbonyl (C=O) groups excluding carboxylic acids is 2. The molecular formula is C15H17N3O3. The van der Waals surface area contributed by atoms with Gasteiger partial charge in [0.15, 0.2) is 0 Å². The van der Waals surface area contributed by atoms with E-state index in [2.05, 4.69) is 10.6 Å². The molecule has 0 saturated heterocycles. The van der Waals surface area contributed by atoms with E-state index in [-0.39, 0.29) is 6.54 Å². The Morgan fingerprint density at radius 2 is 1.81 bits per heavy atom. The Kier molecular flexibility index (Phi) is 4.61. The standard InChI is InChI=1S/C15H17N3O3/c1-18(2)12-7-5-11(6-8-12)17-15(20)14(19)16-10-13-4-3-9-21-13/h3-9H,10H2,1-2H3,(H,16,19)(H,17,20). The van der Waals surface area contributed by atoms with Gasteiger partial charge in [-0.25, -0.2) is 0 Å². The van der Waals surface area contributed by atoms with Gasteiger partial charge >= 0.3 is 11.8 Å². The van der Waals surface area contributed by atoms with Crippen molar-refractivity contribution in [1.29, 1.82) is 0 Å². The molecule has 0 atom stereocenters. The summed E-state index contributed by atoms with van der Waals surface area (Å²) in [6, 6.07) is 10.6. The summed E-state index contributed by atoms with van der Waals surface area (Å²) in [5.41, 5.74) is 1.58. The molecule has 0 unspecified atom stereocenters. The Balaban J connectivity index is 1.86. The minimum atomic E-state index is -0.709. The molecule has 0 aliphatic carbocycles. The van der Waals surface area contributed by atoms with Gasteiger partial charge in [-0.15, -0.1) is 0 Å². The highest BCUT2D eigenvalue weighted by Crippen LogP contribution is 2.15. The number of rotatable bonds is 4. The Bertz CT molecular complexity index is 604.